The molecule has 0 radical (unpaired) electrons. The van der Waals surface area contributed by atoms with Gasteiger partial charge in [-0.25, -0.2) is 0 Å². The Balaban J connectivity index is 2.69. The zero-order valence-corrected chi connectivity index (χ0v) is 13.1. The van der Waals surface area contributed by atoms with Gasteiger partial charge in [0.05, 0.1) is 26.7 Å². The van der Waals surface area contributed by atoms with E-state index in [1.54, 1.807) is 33.3 Å². The number of nitrogens with two attached hydrogens (primary N) is 1. The second-order valence-electron chi connectivity index (χ2n) is 4.74. The quantitative estimate of drug-likeness (QED) is 0.775. The Bertz CT molecular complexity index is 461. The number of carbonyl (C=O) groups excluding carboxylic acids is 1. The number of hydrogen-bond donors (Lipinski definition) is 1. The molecule has 1 aromatic rings. The number of carbonyl (C=O) groups is 1. The van der Waals surface area contributed by atoms with Gasteiger partial charge < -0.3 is 24.8 Å². The summed E-state index contributed by atoms with van der Waals surface area (Å²) in [5, 5.41) is 0. The number of rotatable bonds is 8. The Hall–Kier alpha value is -1.79. The van der Waals surface area contributed by atoms with Crippen molar-refractivity contribution in [2.75, 3.05) is 34.9 Å². The van der Waals surface area contributed by atoms with Crippen LogP contribution in [-0.2, 0) is 16.1 Å². The predicted octanol–water partition coefficient (Wildman–Crippen LogP) is 1.03. The Morgan fingerprint density at radius 2 is 1.90 bits per heavy atom. The monoisotopic (exact) mass is 296 g/mol. The van der Waals surface area contributed by atoms with Crippen LogP contribution in [0.2, 0.25) is 0 Å². The average Bonchev–Trinajstić information content (AvgIpc) is 2.51. The molecule has 1 rings (SSSR count). The normalized spacial score (nSPS) is 11.9. The van der Waals surface area contributed by atoms with Crippen LogP contribution in [0.4, 0.5) is 0 Å². The largest absolute Gasteiger partial charge is 0.493 e. The van der Waals surface area contributed by atoms with Crippen LogP contribution in [0.25, 0.3) is 0 Å². The van der Waals surface area contributed by atoms with E-state index in [1.165, 1.54) is 0 Å². The van der Waals surface area contributed by atoms with Crippen LogP contribution in [0.3, 0.4) is 0 Å². The van der Waals surface area contributed by atoms with Crippen molar-refractivity contribution in [2.45, 2.75) is 19.1 Å². The van der Waals surface area contributed by atoms with Gasteiger partial charge in [-0.15, -0.1) is 0 Å². The number of ether oxygens (including phenoxy) is 3. The van der Waals surface area contributed by atoms with Crippen LogP contribution < -0.4 is 15.2 Å². The summed E-state index contributed by atoms with van der Waals surface area (Å²) in [4.78, 5) is 13.7. The first-order chi connectivity index (χ1) is 10.0. The summed E-state index contributed by atoms with van der Waals surface area (Å²) in [6, 6.07) is 5.59. The van der Waals surface area contributed by atoms with Crippen molar-refractivity contribution in [1.29, 1.82) is 0 Å². The summed E-state index contributed by atoms with van der Waals surface area (Å²) in [5.74, 6) is 1.30. The minimum Gasteiger partial charge on any atom is -0.493 e. The first kappa shape index (κ1) is 17.3. The summed E-state index contributed by atoms with van der Waals surface area (Å²) >= 11 is 0. The highest BCUT2D eigenvalue weighted by molar-refractivity contribution is 5.76. The van der Waals surface area contributed by atoms with Gasteiger partial charge in [-0.1, -0.05) is 6.07 Å². The Morgan fingerprint density at radius 3 is 2.43 bits per heavy atom. The van der Waals surface area contributed by atoms with E-state index in [4.69, 9.17) is 19.9 Å². The smallest absolute Gasteiger partial charge is 0.225 e. The lowest BCUT2D eigenvalue weighted by Gasteiger charge is -2.20. The second kappa shape index (κ2) is 8.49. The average molecular weight is 296 g/mol. The molecule has 6 nitrogen and oxygen atoms in total. The molecule has 0 heterocycles. The molecule has 1 aromatic carbocycles. The van der Waals surface area contributed by atoms with Crippen LogP contribution in [0.5, 0.6) is 11.5 Å². The van der Waals surface area contributed by atoms with E-state index in [2.05, 4.69) is 0 Å². The Labute approximate surface area is 125 Å². The van der Waals surface area contributed by atoms with E-state index in [0.29, 0.717) is 24.6 Å². The van der Waals surface area contributed by atoms with E-state index in [0.717, 1.165) is 5.56 Å². The molecule has 0 aliphatic rings. The summed E-state index contributed by atoms with van der Waals surface area (Å²) in [7, 11) is 6.48. The fourth-order valence-corrected chi connectivity index (χ4v) is 1.95. The van der Waals surface area contributed by atoms with Crippen LogP contribution in [0, 0.1) is 0 Å². The van der Waals surface area contributed by atoms with E-state index in [1.807, 2.05) is 18.2 Å². The van der Waals surface area contributed by atoms with Gasteiger partial charge in [0.15, 0.2) is 11.5 Å². The summed E-state index contributed by atoms with van der Waals surface area (Å²) < 4.78 is 15.6. The van der Waals surface area contributed by atoms with E-state index in [9.17, 15) is 4.79 Å². The predicted molar refractivity (Wildman–Crippen MR) is 80.5 cm³/mol. The highest BCUT2D eigenvalue weighted by Crippen LogP contribution is 2.27. The molecule has 2 N–H and O–H groups in total. The molecule has 0 aromatic heterocycles. The molecule has 0 saturated carbocycles. The molecule has 1 atom stereocenters. The second-order valence-corrected chi connectivity index (χ2v) is 4.74. The molecular weight excluding hydrogens is 272 g/mol. The van der Waals surface area contributed by atoms with Crippen molar-refractivity contribution in [3.8, 4) is 11.5 Å². The molecular formula is C15H24N2O4. The molecule has 118 valence electrons. The fourth-order valence-electron chi connectivity index (χ4n) is 1.95. The number of hydrogen-bond acceptors (Lipinski definition) is 5. The van der Waals surface area contributed by atoms with Crippen molar-refractivity contribution in [1.82, 2.24) is 4.90 Å². The molecule has 0 aliphatic heterocycles. The van der Waals surface area contributed by atoms with Gasteiger partial charge in [0, 0.05) is 27.2 Å². The standard InChI is InChI=1S/C15H24N2O4/c1-17(15(18)8-12(9-16)19-2)10-11-5-6-13(20-3)14(7-11)21-4/h5-7,12H,8-10,16H2,1-4H3. The lowest BCUT2D eigenvalue weighted by atomic mass is 10.1. The van der Waals surface area contributed by atoms with Crippen LogP contribution in [-0.4, -0.2) is 51.8 Å². The molecule has 0 spiro atoms. The van der Waals surface area contributed by atoms with Gasteiger partial charge in [0.25, 0.3) is 0 Å². The van der Waals surface area contributed by atoms with Crippen molar-refractivity contribution in [3.05, 3.63) is 23.8 Å². The summed E-state index contributed by atoms with van der Waals surface area (Å²) in [5.41, 5.74) is 6.49. The van der Waals surface area contributed by atoms with Crippen molar-refractivity contribution in [2.24, 2.45) is 5.73 Å². The molecule has 0 saturated heterocycles. The molecule has 21 heavy (non-hydrogen) atoms. The number of benzene rings is 1. The van der Waals surface area contributed by atoms with Gasteiger partial charge >= 0.3 is 0 Å². The minimum absolute atomic E-state index is 0.0120. The zero-order valence-electron chi connectivity index (χ0n) is 13.1. The molecule has 6 heteroatoms. The number of nitrogens with zero attached hydrogens (tertiary/aromatic N) is 1. The zero-order chi connectivity index (χ0) is 15.8. The van der Waals surface area contributed by atoms with E-state index >= 15 is 0 Å². The SMILES string of the molecule is COc1ccc(CN(C)C(=O)CC(CN)OC)cc1OC. The maximum atomic E-state index is 12.1. The first-order valence-electron chi connectivity index (χ1n) is 6.73. The minimum atomic E-state index is -0.245. The van der Waals surface area contributed by atoms with Gasteiger partial charge in [0.2, 0.25) is 5.91 Å². The Morgan fingerprint density at radius 1 is 1.24 bits per heavy atom. The molecule has 0 fully saturated rings. The third-order valence-corrected chi connectivity index (χ3v) is 3.29. The van der Waals surface area contributed by atoms with E-state index in [-0.39, 0.29) is 18.4 Å². The topological polar surface area (TPSA) is 74.0 Å². The van der Waals surface area contributed by atoms with Gasteiger partial charge in [-0.2, -0.15) is 0 Å². The summed E-state index contributed by atoms with van der Waals surface area (Å²) in [6.07, 6.45) is 0.0295. The van der Waals surface area contributed by atoms with Crippen molar-refractivity contribution in [3.63, 3.8) is 0 Å². The number of methoxy groups -OCH3 is 3. The lowest BCUT2D eigenvalue weighted by molar-refractivity contribution is -0.132. The van der Waals surface area contributed by atoms with Gasteiger partial charge in [0.1, 0.15) is 0 Å². The van der Waals surface area contributed by atoms with Gasteiger partial charge in [-0.05, 0) is 17.7 Å². The lowest BCUT2D eigenvalue weighted by Crippen LogP contribution is -2.33. The molecule has 0 bridgehead atoms. The highest BCUT2D eigenvalue weighted by Gasteiger charge is 2.16. The van der Waals surface area contributed by atoms with Crippen LogP contribution >= 0.6 is 0 Å². The maximum Gasteiger partial charge on any atom is 0.225 e. The summed E-state index contributed by atoms with van der Waals surface area (Å²) in [6.45, 7) is 0.812. The number of amides is 1. The molecule has 0 aliphatic carbocycles. The van der Waals surface area contributed by atoms with E-state index < -0.39 is 0 Å². The van der Waals surface area contributed by atoms with Crippen LogP contribution in [0.1, 0.15) is 12.0 Å². The molecule has 1 amide bonds. The first-order valence-corrected chi connectivity index (χ1v) is 6.73. The van der Waals surface area contributed by atoms with Crippen LogP contribution in [0.15, 0.2) is 18.2 Å². The third-order valence-electron chi connectivity index (χ3n) is 3.29. The fraction of sp³-hybridized carbons (Fsp3) is 0.533. The maximum absolute atomic E-state index is 12.1. The third kappa shape index (κ3) is 4.91. The van der Waals surface area contributed by atoms with Crippen molar-refractivity contribution < 1.29 is 19.0 Å². The highest BCUT2D eigenvalue weighted by atomic mass is 16.5. The van der Waals surface area contributed by atoms with Gasteiger partial charge in [-0.3, -0.25) is 4.79 Å². The van der Waals surface area contributed by atoms with Crippen molar-refractivity contribution >= 4 is 5.91 Å². The Kier molecular flexibility index (Phi) is 6.98. The molecule has 1 unspecified atom stereocenters.